The van der Waals surface area contributed by atoms with Gasteiger partial charge in [0.05, 0.1) is 0 Å². The third-order valence-corrected chi connectivity index (χ3v) is 6.36. The van der Waals surface area contributed by atoms with E-state index in [1.165, 1.54) is 4.90 Å². The third kappa shape index (κ3) is 6.34. The summed E-state index contributed by atoms with van der Waals surface area (Å²) in [6, 6.07) is -1.74. The molecule has 0 aromatic carbocycles. The van der Waals surface area contributed by atoms with Crippen molar-refractivity contribution in [2.24, 2.45) is 17.3 Å². The van der Waals surface area contributed by atoms with Crippen molar-refractivity contribution in [1.82, 2.24) is 20.6 Å². The molecule has 0 spiro atoms. The van der Waals surface area contributed by atoms with Crippen LogP contribution in [-0.4, -0.2) is 58.5 Å². The molecule has 1 heterocycles. The minimum atomic E-state index is -1.23. The maximum Gasteiger partial charge on any atom is 0.408 e. The Morgan fingerprint density at radius 1 is 1.18 bits per heavy atom. The van der Waals surface area contributed by atoms with Gasteiger partial charge in [0.1, 0.15) is 23.2 Å². The lowest BCUT2D eigenvalue weighted by molar-refractivity contribution is -0.143. The fourth-order valence-corrected chi connectivity index (χ4v) is 4.54. The Hall–Kier alpha value is -2.48. The van der Waals surface area contributed by atoms with Gasteiger partial charge in [0, 0.05) is 12.5 Å². The molecular formula is C23H37N4O6P. The van der Waals surface area contributed by atoms with E-state index < -0.39 is 61.1 Å². The van der Waals surface area contributed by atoms with Crippen molar-refractivity contribution in [2.75, 3.05) is 6.54 Å². The SMILES string of the molecule is C=C[C@@H]1C[C@]1(NC(=O)[C@@H]1C[C@@H](C)CN1C(=O)[C@@H](NC(=O)OC(C)(C)C)C(C)(C)C)C(=O)NP=O. The number of rotatable bonds is 7. The molecule has 0 radical (unpaired) electrons. The molecule has 2 rings (SSSR count). The fraction of sp³-hybridized carbons (Fsp3) is 0.739. The number of nitrogens with one attached hydrogen (secondary N) is 3. The number of amides is 4. The van der Waals surface area contributed by atoms with Crippen molar-refractivity contribution in [3.63, 3.8) is 0 Å². The van der Waals surface area contributed by atoms with Crippen molar-refractivity contribution in [1.29, 1.82) is 0 Å². The Morgan fingerprint density at radius 3 is 2.26 bits per heavy atom. The van der Waals surface area contributed by atoms with Crippen LogP contribution < -0.4 is 15.7 Å². The lowest BCUT2D eigenvalue weighted by Crippen LogP contribution is -2.59. The number of carbonyl (C=O) groups excluding carboxylic acids is 4. The highest BCUT2D eigenvalue weighted by atomic mass is 31.1. The Labute approximate surface area is 202 Å². The Balaban J connectivity index is 2.24. The molecule has 2 fully saturated rings. The third-order valence-electron chi connectivity index (χ3n) is 6.07. The summed E-state index contributed by atoms with van der Waals surface area (Å²) in [4.78, 5) is 53.3. The second kappa shape index (κ2) is 10.0. The first-order valence-corrected chi connectivity index (χ1v) is 12.2. The molecule has 0 aromatic heterocycles. The summed E-state index contributed by atoms with van der Waals surface area (Å²) >= 11 is 0. The Morgan fingerprint density at radius 2 is 1.79 bits per heavy atom. The molecule has 2 aliphatic rings. The lowest BCUT2D eigenvalue weighted by Gasteiger charge is -2.36. The van der Waals surface area contributed by atoms with E-state index in [1.54, 1.807) is 26.8 Å². The van der Waals surface area contributed by atoms with Gasteiger partial charge in [-0.05, 0) is 44.9 Å². The molecule has 5 atom stereocenters. The largest absolute Gasteiger partial charge is 0.444 e. The van der Waals surface area contributed by atoms with Gasteiger partial charge in [-0.3, -0.25) is 19.5 Å². The predicted octanol–water partition coefficient (Wildman–Crippen LogP) is 2.55. The van der Waals surface area contributed by atoms with Gasteiger partial charge >= 0.3 is 6.09 Å². The molecule has 0 aromatic rings. The number of carbonyl (C=O) groups is 4. The first kappa shape index (κ1) is 27.8. The zero-order chi connectivity index (χ0) is 26.1. The van der Waals surface area contributed by atoms with Gasteiger partial charge in [-0.15, -0.1) is 6.58 Å². The molecule has 0 bridgehead atoms. The molecule has 1 aliphatic heterocycles. The van der Waals surface area contributed by atoms with Gasteiger partial charge < -0.3 is 20.3 Å². The van der Waals surface area contributed by atoms with E-state index in [0.717, 1.165) is 0 Å². The summed E-state index contributed by atoms with van der Waals surface area (Å²) in [6.07, 6.45) is 1.61. The van der Waals surface area contributed by atoms with Crippen molar-refractivity contribution in [3.8, 4) is 0 Å². The van der Waals surface area contributed by atoms with Gasteiger partial charge in [0.25, 0.3) is 14.5 Å². The summed E-state index contributed by atoms with van der Waals surface area (Å²) in [5, 5.41) is 7.66. The summed E-state index contributed by atoms with van der Waals surface area (Å²) in [6.45, 7) is 16.6. The van der Waals surface area contributed by atoms with Gasteiger partial charge in [-0.25, -0.2) is 9.36 Å². The first-order chi connectivity index (χ1) is 15.6. The molecular weight excluding hydrogens is 459 g/mol. The van der Waals surface area contributed by atoms with E-state index in [1.807, 2.05) is 27.7 Å². The molecule has 3 N–H and O–H groups in total. The van der Waals surface area contributed by atoms with Crippen LogP contribution in [0.15, 0.2) is 12.7 Å². The maximum absolute atomic E-state index is 13.6. The van der Waals surface area contributed by atoms with Crippen LogP contribution in [0, 0.1) is 17.3 Å². The maximum atomic E-state index is 13.6. The molecule has 11 heteroatoms. The van der Waals surface area contributed by atoms with E-state index in [4.69, 9.17) is 4.74 Å². The van der Waals surface area contributed by atoms with Crippen molar-refractivity contribution in [2.45, 2.75) is 84.5 Å². The fourth-order valence-electron chi connectivity index (χ4n) is 4.26. The van der Waals surface area contributed by atoms with Crippen molar-refractivity contribution >= 4 is 32.4 Å². The van der Waals surface area contributed by atoms with Crippen LogP contribution >= 0.6 is 8.61 Å². The van der Waals surface area contributed by atoms with Crippen LogP contribution in [0.5, 0.6) is 0 Å². The van der Waals surface area contributed by atoms with E-state index >= 15 is 0 Å². The van der Waals surface area contributed by atoms with Gasteiger partial charge in [0.15, 0.2) is 0 Å². The normalized spacial score (nSPS) is 27.5. The van der Waals surface area contributed by atoms with Crippen LogP contribution in [0.3, 0.4) is 0 Å². The molecule has 10 nitrogen and oxygen atoms in total. The van der Waals surface area contributed by atoms with Crippen molar-refractivity contribution in [3.05, 3.63) is 12.7 Å². The summed E-state index contributed by atoms with van der Waals surface area (Å²) < 4.78 is 16.2. The second-order valence-corrected chi connectivity index (χ2v) is 11.7. The minimum Gasteiger partial charge on any atom is -0.444 e. The standard InChI is InChI=1S/C23H37N4O6P/c1-9-14-11-23(14,19(30)26-34-32)25-17(28)15-10-13(2)12-27(15)18(29)16(21(3,4)5)24-20(31)33-22(6,7)8/h9,13-16H,1,10-12H2,2-8H3,(H,24,31)(H,25,28)(H,26,30,32)/t13-,14-,15+,16-,23-/m1/s1. The van der Waals surface area contributed by atoms with Gasteiger partial charge in [-0.2, -0.15) is 0 Å². The zero-order valence-corrected chi connectivity index (χ0v) is 22.0. The number of ether oxygens (including phenoxy) is 1. The highest BCUT2D eigenvalue weighted by Gasteiger charge is 2.60. The average molecular weight is 497 g/mol. The number of likely N-dealkylation sites (tertiary alicyclic amines) is 1. The second-order valence-electron chi connectivity index (χ2n) is 11.3. The molecule has 1 saturated heterocycles. The van der Waals surface area contributed by atoms with Crippen molar-refractivity contribution < 1.29 is 28.5 Å². The minimum absolute atomic E-state index is 0.0428. The quantitative estimate of drug-likeness (QED) is 0.366. The van der Waals surface area contributed by atoms with E-state index in [-0.39, 0.29) is 11.8 Å². The van der Waals surface area contributed by atoms with Gasteiger partial charge in [0.2, 0.25) is 11.8 Å². The number of hydrogen-bond donors (Lipinski definition) is 3. The first-order valence-electron chi connectivity index (χ1n) is 11.4. The number of hydrogen-bond acceptors (Lipinski definition) is 6. The van der Waals surface area contributed by atoms with E-state index in [0.29, 0.717) is 19.4 Å². The summed E-state index contributed by atoms with van der Waals surface area (Å²) in [7, 11) is -0.558. The topological polar surface area (TPSA) is 134 Å². The van der Waals surface area contributed by atoms with E-state index in [9.17, 15) is 23.7 Å². The van der Waals surface area contributed by atoms with Crippen LogP contribution in [-0.2, 0) is 23.7 Å². The van der Waals surface area contributed by atoms with Crippen LogP contribution in [0.4, 0.5) is 4.79 Å². The van der Waals surface area contributed by atoms with Crippen LogP contribution in [0.1, 0.15) is 61.3 Å². The predicted molar refractivity (Wildman–Crippen MR) is 127 cm³/mol. The Kier molecular flexibility index (Phi) is 8.18. The van der Waals surface area contributed by atoms with Gasteiger partial charge in [-0.1, -0.05) is 33.8 Å². The molecule has 0 unspecified atom stereocenters. The molecule has 4 amide bonds. The summed E-state index contributed by atoms with van der Waals surface area (Å²) in [5.74, 6) is -1.68. The molecule has 190 valence electrons. The van der Waals surface area contributed by atoms with Crippen LogP contribution in [0.2, 0.25) is 0 Å². The summed E-state index contributed by atoms with van der Waals surface area (Å²) in [5.41, 5.74) is -2.61. The lowest BCUT2D eigenvalue weighted by atomic mass is 9.85. The zero-order valence-electron chi connectivity index (χ0n) is 21.1. The monoisotopic (exact) mass is 496 g/mol. The average Bonchev–Trinajstić information content (AvgIpc) is 3.26. The molecule has 1 aliphatic carbocycles. The Bertz CT molecular complexity index is 865. The highest BCUT2D eigenvalue weighted by molar-refractivity contribution is 7.22. The van der Waals surface area contributed by atoms with E-state index in [2.05, 4.69) is 22.3 Å². The molecule has 1 saturated carbocycles. The van der Waals surface area contributed by atoms with Crippen LogP contribution in [0.25, 0.3) is 0 Å². The highest BCUT2D eigenvalue weighted by Crippen LogP contribution is 2.45. The number of nitrogens with zero attached hydrogens (tertiary/aromatic N) is 1. The molecule has 34 heavy (non-hydrogen) atoms. The number of alkyl carbamates (subject to hydrolysis) is 1. The smallest absolute Gasteiger partial charge is 0.408 e.